The van der Waals surface area contributed by atoms with Gasteiger partial charge in [-0.25, -0.2) is 0 Å². The van der Waals surface area contributed by atoms with Crippen LogP contribution in [0.2, 0.25) is 0 Å². The fourth-order valence-corrected chi connectivity index (χ4v) is 4.25. The summed E-state index contributed by atoms with van der Waals surface area (Å²) in [5.41, 5.74) is 5.89. The first-order valence-electron chi connectivity index (χ1n) is 6.97. The van der Waals surface area contributed by atoms with Gasteiger partial charge < -0.3 is 10.6 Å². The van der Waals surface area contributed by atoms with E-state index in [2.05, 4.69) is 16.8 Å². The molecule has 3 heterocycles. The smallest absolute Gasteiger partial charge is 0.0221 e. The van der Waals surface area contributed by atoms with E-state index >= 15 is 0 Å². The Kier molecular flexibility index (Phi) is 2.94. The molecule has 3 unspecified atom stereocenters. The summed E-state index contributed by atoms with van der Waals surface area (Å²) < 4.78 is 0. The molecular weight excluding hydrogens is 198 g/mol. The number of rotatable bonds is 2. The SMILES string of the molecule is CN1C2CCC1CC(N1CCCC1CN)C2. The first-order valence-corrected chi connectivity index (χ1v) is 6.97. The van der Waals surface area contributed by atoms with E-state index in [0.717, 1.165) is 24.7 Å². The molecule has 0 aromatic rings. The van der Waals surface area contributed by atoms with Gasteiger partial charge in [0.1, 0.15) is 0 Å². The highest BCUT2D eigenvalue weighted by molar-refractivity contribution is 4.99. The molecule has 3 fully saturated rings. The third kappa shape index (κ3) is 1.69. The molecule has 0 aliphatic carbocycles. The van der Waals surface area contributed by atoms with E-state index in [1.165, 1.54) is 45.1 Å². The van der Waals surface area contributed by atoms with Crippen LogP contribution in [-0.2, 0) is 0 Å². The van der Waals surface area contributed by atoms with Crippen molar-refractivity contribution >= 4 is 0 Å². The van der Waals surface area contributed by atoms with Crippen molar-refractivity contribution in [3.05, 3.63) is 0 Å². The second-order valence-electron chi connectivity index (χ2n) is 5.95. The summed E-state index contributed by atoms with van der Waals surface area (Å²) in [7, 11) is 2.32. The van der Waals surface area contributed by atoms with Gasteiger partial charge in [0.25, 0.3) is 0 Å². The third-order valence-electron chi connectivity index (χ3n) is 5.24. The van der Waals surface area contributed by atoms with Gasteiger partial charge >= 0.3 is 0 Å². The van der Waals surface area contributed by atoms with Crippen LogP contribution in [0.15, 0.2) is 0 Å². The van der Waals surface area contributed by atoms with Crippen LogP contribution in [0.25, 0.3) is 0 Å². The predicted molar refractivity (Wildman–Crippen MR) is 66.4 cm³/mol. The highest BCUT2D eigenvalue weighted by atomic mass is 15.3. The number of hydrogen-bond acceptors (Lipinski definition) is 3. The fourth-order valence-electron chi connectivity index (χ4n) is 4.25. The van der Waals surface area contributed by atoms with Crippen molar-refractivity contribution in [2.45, 2.75) is 62.7 Å². The van der Waals surface area contributed by atoms with Crippen LogP contribution in [0, 0.1) is 0 Å². The van der Waals surface area contributed by atoms with Gasteiger partial charge in [-0.05, 0) is 52.1 Å². The Morgan fingerprint density at radius 2 is 1.75 bits per heavy atom. The maximum absolute atomic E-state index is 5.89. The van der Waals surface area contributed by atoms with Crippen molar-refractivity contribution < 1.29 is 0 Å². The molecule has 0 amide bonds. The van der Waals surface area contributed by atoms with E-state index in [-0.39, 0.29) is 0 Å². The molecule has 16 heavy (non-hydrogen) atoms. The molecule has 3 heteroatoms. The van der Waals surface area contributed by atoms with Crippen LogP contribution in [-0.4, -0.2) is 54.1 Å². The van der Waals surface area contributed by atoms with Gasteiger partial charge in [-0.1, -0.05) is 0 Å². The third-order valence-corrected chi connectivity index (χ3v) is 5.24. The molecule has 0 radical (unpaired) electrons. The topological polar surface area (TPSA) is 32.5 Å². The minimum absolute atomic E-state index is 0.688. The molecule has 0 aromatic heterocycles. The molecule has 3 saturated heterocycles. The second kappa shape index (κ2) is 4.28. The quantitative estimate of drug-likeness (QED) is 0.759. The van der Waals surface area contributed by atoms with Crippen molar-refractivity contribution in [1.82, 2.24) is 9.80 Å². The molecule has 3 nitrogen and oxygen atoms in total. The fraction of sp³-hybridized carbons (Fsp3) is 1.00. The Morgan fingerprint density at radius 3 is 2.38 bits per heavy atom. The first kappa shape index (κ1) is 11.0. The van der Waals surface area contributed by atoms with Crippen LogP contribution in [0.5, 0.6) is 0 Å². The lowest BCUT2D eigenvalue weighted by molar-refractivity contribution is 0.0697. The van der Waals surface area contributed by atoms with Gasteiger partial charge in [-0.15, -0.1) is 0 Å². The van der Waals surface area contributed by atoms with Gasteiger partial charge in [0.05, 0.1) is 0 Å². The van der Waals surface area contributed by atoms with Gasteiger partial charge in [0.2, 0.25) is 0 Å². The largest absolute Gasteiger partial charge is 0.329 e. The lowest BCUT2D eigenvalue weighted by atomic mass is 9.96. The van der Waals surface area contributed by atoms with Crippen molar-refractivity contribution in [1.29, 1.82) is 0 Å². The highest BCUT2D eigenvalue weighted by Crippen LogP contribution is 2.38. The molecule has 0 spiro atoms. The van der Waals surface area contributed by atoms with Crippen LogP contribution < -0.4 is 5.73 Å². The van der Waals surface area contributed by atoms with Crippen molar-refractivity contribution in [2.24, 2.45) is 5.73 Å². The number of hydrogen-bond donors (Lipinski definition) is 1. The summed E-state index contributed by atoms with van der Waals surface area (Å²) in [5.74, 6) is 0. The van der Waals surface area contributed by atoms with Crippen LogP contribution in [0.4, 0.5) is 0 Å². The lowest BCUT2D eigenvalue weighted by Gasteiger charge is -2.42. The van der Waals surface area contributed by atoms with Crippen LogP contribution in [0.3, 0.4) is 0 Å². The second-order valence-corrected chi connectivity index (χ2v) is 5.95. The van der Waals surface area contributed by atoms with E-state index in [1.54, 1.807) is 0 Å². The molecule has 92 valence electrons. The van der Waals surface area contributed by atoms with Crippen molar-refractivity contribution in [3.63, 3.8) is 0 Å². The highest BCUT2D eigenvalue weighted by Gasteiger charge is 2.42. The summed E-state index contributed by atoms with van der Waals surface area (Å²) in [4.78, 5) is 5.36. The molecular formula is C13H25N3. The van der Waals surface area contributed by atoms with E-state index in [1.807, 2.05) is 0 Å². The minimum atomic E-state index is 0.688. The number of likely N-dealkylation sites (tertiary alicyclic amines) is 1. The molecule has 2 N–H and O–H groups in total. The Hall–Kier alpha value is -0.120. The Labute approximate surface area is 99.0 Å². The summed E-state index contributed by atoms with van der Waals surface area (Å²) in [6, 6.07) is 3.25. The van der Waals surface area contributed by atoms with E-state index < -0.39 is 0 Å². The molecule has 3 aliphatic rings. The van der Waals surface area contributed by atoms with Gasteiger partial charge in [-0.2, -0.15) is 0 Å². The van der Waals surface area contributed by atoms with E-state index in [0.29, 0.717) is 6.04 Å². The Morgan fingerprint density at radius 1 is 1.06 bits per heavy atom. The Bertz CT molecular complexity index is 242. The van der Waals surface area contributed by atoms with Crippen molar-refractivity contribution in [3.8, 4) is 0 Å². The molecule has 2 bridgehead atoms. The predicted octanol–water partition coefficient (Wildman–Crippen LogP) is 1.03. The summed E-state index contributed by atoms with van der Waals surface area (Å²) in [5, 5.41) is 0. The standard InChI is InChI=1S/C13H25N3/c1-15-10-4-5-11(15)8-13(7-10)16-6-2-3-12(16)9-14/h10-13H,2-9,14H2,1H3. The zero-order valence-electron chi connectivity index (χ0n) is 10.4. The first-order chi connectivity index (χ1) is 7.79. The van der Waals surface area contributed by atoms with Gasteiger partial charge in [0, 0.05) is 30.7 Å². The number of piperidine rings is 1. The number of nitrogens with two attached hydrogens (primary N) is 1. The molecule has 3 aliphatic heterocycles. The molecule has 3 atom stereocenters. The lowest BCUT2D eigenvalue weighted by Crippen LogP contribution is -2.51. The summed E-state index contributed by atoms with van der Waals surface area (Å²) in [6.45, 7) is 2.16. The maximum atomic E-state index is 5.89. The molecule has 3 rings (SSSR count). The monoisotopic (exact) mass is 223 g/mol. The molecule has 0 aromatic carbocycles. The molecule has 0 saturated carbocycles. The summed E-state index contributed by atoms with van der Waals surface area (Å²) >= 11 is 0. The average molecular weight is 223 g/mol. The maximum Gasteiger partial charge on any atom is 0.0221 e. The number of fused-ring (bicyclic) bond motifs is 2. The zero-order valence-corrected chi connectivity index (χ0v) is 10.4. The van der Waals surface area contributed by atoms with Crippen LogP contribution >= 0.6 is 0 Å². The van der Waals surface area contributed by atoms with Crippen LogP contribution in [0.1, 0.15) is 38.5 Å². The van der Waals surface area contributed by atoms with Gasteiger partial charge in [-0.3, -0.25) is 4.90 Å². The van der Waals surface area contributed by atoms with Gasteiger partial charge in [0.15, 0.2) is 0 Å². The minimum Gasteiger partial charge on any atom is -0.329 e. The zero-order chi connectivity index (χ0) is 11.1. The van der Waals surface area contributed by atoms with E-state index in [4.69, 9.17) is 5.73 Å². The van der Waals surface area contributed by atoms with E-state index in [9.17, 15) is 0 Å². The number of nitrogens with zero attached hydrogens (tertiary/aromatic N) is 2. The van der Waals surface area contributed by atoms with Crippen molar-refractivity contribution in [2.75, 3.05) is 20.1 Å². The normalized spacial score (nSPS) is 45.4. The average Bonchev–Trinajstić information content (AvgIpc) is 2.82. The Balaban J connectivity index is 1.68. The summed E-state index contributed by atoms with van der Waals surface area (Å²) in [6.07, 6.45) is 8.34.